The van der Waals surface area contributed by atoms with Gasteiger partial charge < -0.3 is 10.5 Å². The Morgan fingerprint density at radius 1 is 1.46 bits per heavy atom. The Bertz CT molecular complexity index is 647. The molecule has 0 aromatic carbocycles. The summed E-state index contributed by atoms with van der Waals surface area (Å²) in [4.78, 5) is 3.57. The zero-order valence-electron chi connectivity index (χ0n) is 13.2. The van der Waals surface area contributed by atoms with E-state index in [4.69, 9.17) is 5.73 Å². The van der Waals surface area contributed by atoms with Crippen molar-refractivity contribution in [2.45, 2.75) is 36.9 Å². The molecule has 0 spiro atoms. The molecular formula is C14H20F3N3O3S. The van der Waals surface area contributed by atoms with Gasteiger partial charge in [0.25, 0.3) is 0 Å². The molecule has 10 heteroatoms. The van der Waals surface area contributed by atoms with E-state index in [1.165, 1.54) is 10.4 Å². The Morgan fingerprint density at radius 3 is 2.71 bits per heavy atom. The van der Waals surface area contributed by atoms with Crippen LogP contribution in [0.5, 0.6) is 5.88 Å². The molecule has 2 unspecified atom stereocenters. The first-order valence-electron chi connectivity index (χ1n) is 7.51. The predicted molar refractivity (Wildman–Crippen MR) is 80.9 cm³/mol. The molecule has 0 radical (unpaired) electrons. The molecule has 2 heterocycles. The summed E-state index contributed by atoms with van der Waals surface area (Å²) in [7, 11) is -3.75. The molecule has 1 aliphatic rings. The summed E-state index contributed by atoms with van der Waals surface area (Å²) in [5.41, 5.74) is 5.86. The fourth-order valence-electron chi connectivity index (χ4n) is 2.53. The average molecular weight is 367 g/mol. The maximum atomic E-state index is 12.6. The molecule has 0 bridgehead atoms. The molecule has 1 aromatic rings. The minimum Gasteiger partial charge on any atom is -0.468 e. The summed E-state index contributed by atoms with van der Waals surface area (Å²) in [6.07, 6.45) is -1.89. The molecule has 1 fully saturated rings. The van der Waals surface area contributed by atoms with Crippen LogP contribution in [-0.2, 0) is 10.0 Å². The van der Waals surface area contributed by atoms with Crippen molar-refractivity contribution in [3.63, 3.8) is 0 Å². The van der Waals surface area contributed by atoms with Crippen molar-refractivity contribution in [2.24, 2.45) is 11.7 Å². The van der Waals surface area contributed by atoms with Crippen molar-refractivity contribution >= 4 is 10.0 Å². The number of halogens is 3. The summed E-state index contributed by atoms with van der Waals surface area (Å²) in [5.74, 6) is -0.200. The van der Waals surface area contributed by atoms with Crippen molar-refractivity contribution in [1.82, 2.24) is 9.29 Å². The molecule has 0 amide bonds. The molecule has 0 aliphatic carbocycles. The van der Waals surface area contributed by atoms with Gasteiger partial charge in [-0.05, 0) is 31.7 Å². The summed E-state index contributed by atoms with van der Waals surface area (Å²) < 4.78 is 67.3. The molecule has 136 valence electrons. The Morgan fingerprint density at radius 2 is 2.17 bits per heavy atom. The fourth-order valence-corrected chi connectivity index (χ4v) is 4.01. The lowest BCUT2D eigenvalue weighted by molar-refractivity contribution is -0.154. The second kappa shape index (κ2) is 7.24. The van der Waals surface area contributed by atoms with Gasteiger partial charge in [0.2, 0.25) is 15.9 Å². The average Bonchev–Trinajstić information content (AvgIpc) is 2.53. The smallest absolute Gasteiger partial charge is 0.422 e. The lowest BCUT2D eigenvalue weighted by Crippen LogP contribution is -2.44. The van der Waals surface area contributed by atoms with Gasteiger partial charge in [0.1, 0.15) is 4.90 Å². The Balaban J connectivity index is 2.09. The van der Waals surface area contributed by atoms with Crippen molar-refractivity contribution in [2.75, 3.05) is 19.7 Å². The Kier molecular flexibility index (Phi) is 5.71. The zero-order chi connectivity index (χ0) is 18.0. The number of hydrogen-bond acceptors (Lipinski definition) is 5. The van der Waals surface area contributed by atoms with Gasteiger partial charge in [0.05, 0.1) is 6.20 Å². The third-order valence-corrected chi connectivity index (χ3v) is 5.74. The van der Waals surface area contributed by atoms with E-state index in [0.29, 0.717) is 19.5 Å². The Hall–Kier alpha value is -1.39. The number of nitrogens with two attached hydrogens (primary N) is 1. The lowest BCUT2D eigenvalue weighted by atomic mass is 9.93. The molecule has 24 heavy (non-hydrogen) atoms. The van der Waals surface area contributed by atoms with Gasteiger partial charge in [-0.3, -0.25) is 0 Å². The van der Waals surface area contributed by atoms with Gasteiger partial charge in [0, 0.05) is 25.2 Å². The third-order valence-electron chi connectivity index (χ3n) is 3.89. The molecule has 2 N–H and O–H groups in total. The van der Waals surface area contributed by atoms with Gasteiger partial charge in [0.15, 0.2) is 6.61 Å². The fraction of sp³-hybridized carbons (Fsp3) is 0.643. The molecule has 2 atom stereocenters. The maximum Gasteiger partial charge on any atom is 0.422 e. The monoisotopic (exact) mass is 367 g/mol. The number of hydrogen-bond donors (Lipinski definition) is 1. The normalized spacial score (nSPS) is 21.5. The highest BCUT2D eigenvalue weighted by molar-refractivity contribution is 7.89. The van der Waals surface area contributed by atoms with E-state index in [1.54, 1.807) is 0 Å². The van der Waals surface area contributed by atoms with E-state index in [0.717, 1.165) is 18.7 Å². The molecule has 6 nitrogen and oxygen atoms in total. The standard InChI is InChI=1S/C14H20F3N3O3S/c1-10(18)11-3-2-6-20(8-11)24(21,22)12-4-5-13(19-7-12)23-9-14(15,16)17/h4-5,7,10-11H,2-3,6,8-9,18H2,1H3. The van der Waals surface area contributed by atoms with Gasteiger partial charge in [-0.15, -0.1) is 0 Å². The van der Waals surface area contributed by atoms with Crippen LogP contribution in [0.3, 0.4) is 0 Å². The van der Waals surface area contributed by atoms with Crippen molar-refractivity contribution < 1.29 is 26.3 Å². The number of rotatable bonds is 5. The molecule has 0 saturated carbocycles. The second-order valence-electron chi connectivity index (χ2n) is 5.86. The SMILES string of the molecule is CC(N)C1CCCN(S(=O)(=O)c2ccc(OCC(F)(F)F)nc2)C1. The lowest BCUT2D eigenvalue weighted by Gasteiger charge is -2.33. The summed E-state index contributed by atoms with van der Waals surface area (Å²) in [5, 5.41) is 0. The quantitative estimate of drug-likeness (QED) is 0.857. The van der Waals surface area contributed by atoms with E-state index in [1.807, 2.05) is 6.92 Å². The maximum absolute atomic E-state index is 12.6. The number of ether oxygens (including phenoxy) is 1. The minimum absolute atomic E-state index is 0.0767. The molecular weight excluding hydrogens is 347 g/mol. The van der Waals surface area contributed by atoms with Gasteiger partial charge in [-0.2, -0.15) is 17.5 Å². The van der Waals surface area contributed by atoms with Crippen LogP contribution in [0.15, 0.2) is 23.2 Å². The van der Waals surface area contributed by atoms with E-state index in [2.05, 4.69) is 9.72 Å². The van der Waals surface area contributed by atoms with E-state index >= 15 is 0 Å². The first-order valence-corrected chi connectivity index (χ1v) is 8.95. The number of sulfonamides is 1. The first-order chi connectivity index (χ1) is 11.1. The topological polar surface area (TPSA) is 85.5 Å². The van der Waals surface area contributed by atoms with Gasteiger partial charge in [-0.1, -0.05) is 0 Å². The molecule has 1 saturated heterocycles. The van der Waals surface area contributed by atoms with E-state index in [-0.39, 0.29) is 22.7 Å². The second-order valence-corrected chi connectivity index (χ2v) is 7.80. The van der Waals surface area contributed by atoms with Gasteiger partial charge in [-0.25, -0.2) is 13.4 Å². The number of nitrogens with zero attached hydrogens (tertiary/aromatic N) is 2. The highest BCUT2D eigenvalue weighted by Gasteiger charge is 2.32. The van der Waals surface area contributed by atoms with Crippen LogP contribution < -0.4 is 10.5 Å². The van der Waals surface area contributed by atoms with Crippen molar-refractivity contribution in [3.05, 3.63) is 18.3 Å². The summed E-state index contributed by atoms with van der Waals surface area (Å²) in [6, 6.07) is 2.20. The van der Waals surface area contributed by atoms with Crippen LogP contribution in [0.4, 0.5) is 13.2 Å². The third kappa shape index (κ3) is 4.81. The predicted octanol–water partition coefficient (Wildman–Crippen LogP) is 1.77. The van der Waals surface area contributed by atoms with E-state index < -0.39 is 22.8 Å². The molecule has 1 aliphatic heterocycles. The number of alkyl halides is 3. The van der Waals surface area contributed by atoms with Crippen LogP contribution in [0.25, 0.3) is 0 Å². The van der Waals surface area contributed by atoms with Crippen LogP contribution >= 0.6 is 0 Å². The van der Waals surface area contributed by atoms with E-state index in [9.17, 15) is 21.6 Å². The van der Waals surface area contributed by atoms with Crippen LogP contribution in [-0.4, -0.2) is 49.6 Å². The van der Waals surface area contributed by atoms with Crippen molar-refractivity contribution in [1.29, 1.82) is 0 Å². The molecule has 2 rings (SSSR count). The summed E-state index contributed by atoms with van der Waals surface area (Å²) >= 11 is 0. The zero-order valence-corrected chi connectivity index (χ0v) is 14.0. The molecule has 1 aromatic heterocycles. The number of piperidine rings is 1. The van der Waals surface area contributed by atoms with Gasteiger partial charge >= 0.3 is 6.18 Å². The largest absolute Gasteiger partial charge is 0.468 e. The number of aromatic nitrogens is 1. The first kappa shape index (κ1) is 18.9. The summed E-state index contributed by atoms with van der Waals surface area (Å²) in [6.45, 7) is 1.08. The van der Waals surface area contributed by atoms with Crippen LogP contribution in [0.1, 0.15) is 19.8 Å². The minimum atomic E-state index is -4.48. The highest BCUT2D eigenvalue weighted by atomic mass is 32.2. The highest BCUT2D eigenvalue weighted by Crippen LogP contribution is 2.25. The Labute approximate surface area is 138 Å². The van der Waals surface area contributed by atoms with Crippen molar-refractivity contribution in [3.8, 4) is 5.88 Å². The number of pyridine rings is 1. The van der Waals surface area contributed by atoms with Crippen LogP contribution in [0, 0.1) is 5.92 Å². The van der Waals surface area contributed by atoms with Crippen LogP contribution in [0.2, 0.25) is 0 Å².